The summed E-state index contributed by atoms with van der Waals surface area (Å²) in [4.78, 5) is 127. The van der Waals surface area contributed by atoms with E-state index < -0.39 is 0 Å². The van der Waals surface area contributed by atoms with Gasteiger partial charge in [0, 0.05) is 180 Å². The van der Waals surface area contributed by atoms with Crippen molar-refractivity contribution in [3.63, 3.8) is 0 Å². The quantitative estimate of drug-likeness (QED) is 0.0924. The van der Waals surface area contributed by atoms with Crippen LogP contribution in [0.25, 0.3) is 143 Å². The lowest BCUT2D eigenvalue weighted by Gasteiger charge is -2.15. The van der Waals surface area contributed by atoms with Crippen LogP contribution in [0.5, 0.6) is 0 Å². The average molecular weight is 1570 g/mol. The number of fused-ring (bicyclic) bond motifs is 6. The third-order valence-corrected chi connectivity index (χ3v) is 18.9. The molecule has 0 radical (unpaired) electrons. The number of halogens is 3. The highest BCUT2D eigenvalue weighted by Gasteiger charge is 2.23. The predicted molar refractivity (Wildman–Crippen MR) is 431 cm³/mol. The van der Waals surface area contributed by atoms with E-state index in [0.29, 0.717) is 134 Å². The van der Waals surface area contributed by atoms with E-state index in [9.17, 15) is 28.8 Å². The maximum Gasteiger partial charge on any atom is 0.269 e. The molecule has 0 fully saturated rings. The summed E-state index contributed by atoms with van der Waals surface area (Å²) in [5.41, 5.74) is 9.32. The van der Waals surface area contributed by atoms with Gasteiger partial charge in [0.05, 0.1) is 77.1 Å². The fraction of sp³-hybridized carbons (Fsp3) is 0.0886. The van der Waals surface area contributed by atoms with Crippen molar-refractivity contribution >= 4 is 113 Å². The van der Waals surface area contributed by atoms with E-state index in [1.807, 2.05) is 62.8 Å². The van der Waals surface area contributed by atoms with Crippen LogP contribution in [0.2, 0.25) is 15.1 Å². The highest BCUT2D eigenvalue weighted by molar-refractivity contribution is 6.34. The minimum Gasteiger partial charge on any atom is -0.346 e. The third-order valence-electron chi connectivity index (χ3n) is 18.0. The molecule has 18 aromatic rings. The minimum absolute atomic E-state index is 0.0616. The lowest BCUT2D eigenvalue weighted by atomic mass is 10.1. The van der Waals surface area contributed by atoms with Crippen molar-refractivity contribution < 1.29 is 0 Å². The van der Waals surface area contributed by atoms with Gasteiger partial charge in [0.25, 0.3) is 11.1 Å². The van der Waals surface area contributed by atoms with Crippen LogP contribution in [0, 0.1) is 33.2 Å². The Hall–Kier alpha value is -15.6. The van der Waals surface area contributed by atoms with Crippen LogP contribution < -0.4 is 32.8 Å². The van der Waals surface area contributed by atoms with Crippen LogP contribution in [0.15, 0.2) is 225 Å². The van der Waals surface area contributed by atoms with Gasteiger partial charge in [-0.15, -0.1) is 0 Å². The summed E-state index contributed by atoms with van der Waals surface area (Å²) in [6, 6.07) is 21.2. The Morgan fingerprint density at radius 1 is 0.404 bits per heavy atom. The number of hydrogen-bond acceptors (Lipinski definition) is 16. The summed E-state index contributed by atoms with van der Waals surface area (Å²) in [6.45, 7) is 38.1. The molecular weight excluding hydrogens is 1520 g/mol. The van der Waals surface area contributed by atoms with Crippen molar-refractivity contribution in [2.45, 2.75) is 46.7 Å². The summed E-state index contributed by atoms with van der Waals surface area (Å²) in [6.07, 6.45) is 31.0. The Kier molecular flexibility index (Phi) is 19.7. The first-order chi connectivity index (χ1) is 55.0. The molecule has 4 N–H and O–H groups in total. The van der Waals surface area contributed by atoms with Gasteiger partial charge in [-0.1, -0.05) is 34.8 Å². The molecule has 556 valence electrons. The van der Waals surface area contributed by atoms with Gasteiger partial charge in [0.2, 0.25) is 22.7 Å². The van der Waals surface area contributed by atoms with Gasteiger partial charge < -0.3 is 37.9 Å². The Balaban J connectivity index is 0.000000120. The van der Waals surface area contributed by atoms with Crippen LogP contribution in [0.3, 0.4) is 0 Å². The van der Waals surface area contributed by atoms with Crippen molar-refractivity contribution in [2.24, 2.45) is 0 Å². The standard InChI is InChI=1S/C21H17ClN6O2.C20H15ClN6O2.C19H10ClN7O.C19H11N7O/c1-11(2)27-9-13(7-16(22)21(27)30)14-8-15-18(29)5-6-24-19(15)25-20(14)28-10-17(23-4)12(3)26-28;1-11(2)26-9-12(6-16(21)20(26)29)14-7-15-17(28)4-5-23-18(15)25-19(14)27-10-13(22-3)8-24-27;1-21-12-8-24-27(10-12)18-13(7-14-16(28)2-3-22-17(14)25-18)11-6-15(20)19-23-4-5-26(19)9-11;1-20-13-9-23-26(11-13)19-14(8-15-16(27)4-5-22-18(15)24-19)12-2-3-17-21-6-7-25(17)10-12/h5-11H,1-3H3,(H,24,25,29);4-11H,1-2H3,(H,23,25,28);2-10H,(H,22,25,28);2-11H,(H,22,24,27). The summed E-state index contributed by atoms with van der Waals surface area (Å²) in [5, 5.41) is 19.4. The summed E-state index contributed by atoms with van der Waals surface area (Å²) >= 11 is 18.8. The van der Waals surface area contributed by atoms with Gasteiger partial charge in [0.1, 0.15) is 38.3 Å². The monoisotopic (exact) mass is 1570 g/mol. The number of rotatable bonds is 10. The molecule has 18 aromatic heterocycles. The number of H-pyrrole nitrogens is 4. The number of aromatic nitrogens is 22. The highest BCUT2D eigenvalue weighted by Crippen LogP contribution is 2.36. The Morgan fingerprint density at radius 3 is 1.16 bits per heavy atom. The van der Waals surface area contributed by atoms with E-state index >= 15 is 0 Å². The van der Waals surface area contributed by atoms with E-state index in [4.69, 9.17) is 61.1 Å². The Morgan fingerprint density at radius 2 is 0.772 bits per heavy atom. The second-order valence-electron chi connectivity index (χ2n) is 25.9. The van der Waals surface area contributed by atoms with Gasteiger partial charge in [-0.3, -0.25) is 28.8 Å². The van der Waals surface area contributed by atoms with Crippen LogP contribution in [-0.2, 0) is 0 Å². The molecular formula is C79H53Cl3N26O6. The van der Waals surface area contributed by atoms with E-state index in [-0.39, 0.29) is 55.0 Å². The zero-order chi connectivity index (χ0) is 79.9. The van der Waals surface area contributed by atoms with Gasteiger partial charge in [0.15, 0.2) is 50.6 Å². The number of nitrogens with zero attached hydrogens (tertiary/aromatic N) is 22. The molecule has 35 heteroatoms. The van der Waals surface area contributed by atoms with Crippen LogP contribution in [0.1, 0.15) is 45.5 Å². The van der Waals surface area contributed by atoms with E-state index in [1.54, 1.807) is 127 Å². The largest absolute Gasteiger partial charge is 0.346 e. The molecule has 0 aliphatic rings. The number of pyridine rings is 12. The van der Waals surface area contributed by atoms with Crippen molar-refractivity contribution in [3.05, 3.63) is 325 Å². The molecule has 0 aromatic carbocycles. The molecule has 0 atom stereocenters. The van der Waals surface area contributed by atoms with Gasteiger partial charge in [-0.25, -0.2) is 68.0 Å². The molecule has 0 amide bonds. The second kappa shape index (κ2) is 30.4. The Bertz CT molecular complexity index is 7520. The van der Waals surface area contributed by atoms with E-state index in [0.717, 1.165) is 22.3 Å². The van der Waals surface area contributed by atoms with Crippen molar-refractivity contribution in [3.8, 4) is 67.8 Å². The topological polar surface area (TPSA) is 350 Å². The first-order valence-corrected chi connectivity index (χ1v) is 35.4. The smallest absolute Gasteiger partial charge is 0.269 e. The first kappa shape index (κ1) is 73.9. The molecule has 0 saturated heterocycles. The molecule has 0 bridgehead atoms. The molecule has 18 heterocycles. The molecule has 0 unspecified atom stereocenters. The van der Waals surface area contributed by atoms with Gasteiger partial charge in [-0.2, -0.15) is 20.4 Å². The van der Waals surface area contributed by atoms with Crippen molar-refractivity contribution in [2.75, 3.05) is 0 Å². The van der Waals surface area contributed by atoms with E-state index in [1.165, 1.54) is 78.4 Å². The molecule has 0 aliphatic heterocycles. The normalized spacial score (nSPS) is 11.1. The zero-order valence-corrected chi connectivity index (χ0v) is 62.3. The maximum absolute atomic E-state index is 12.4. The maximum atomic E-state index is 12.4. The molecule has 0 aliphatic carbocycles. The average Bonchev–Trinajstić information content (AvgIpc) is 1.37. The van der Waals surface area contributed by atoms with Gasteiger partial charge >= 0.3 is 0 Å². The summed E-state index contributed by atoms with van der Waals surface area (Å²) in [7, 11) is 0. The lowest BCUT2D eigenvalue weighted by molar-refractivity contribution is 0.579. The molecule has 114 heavy (non-hydrogen) atoms. The second-order valence-corrected chi connectivity index (χ2v) is 27.1. The first-order valence-electron chi connectivity index (χ1n) is 34.3. The summed E-state index contributed by atoms with van der Waals surface area (Å²) in [5.74, 6) is 1.81. The number of imidazole rings is 2. The fourth-order valence-corrected chi connectivity index (χ4v) is 13.1. The Labute approximate surface area is 655 Å². The summed E-state index contributed by atoms with van der Waals surface area (Å²) < 4.78 is 12.8. The number of nitrogens with one attached hydrogen (secondary N) is 4. The lowest BCUT2D eigenvalue weighted by Crippen LogP contribution is -2.22. The van der Waals surface area contributed by atoms with Crippen LogP contribution in [-0.4, -0.2) is 107 Å². The third kappa shape index (κ3) is 14.2. The number of hydrogen-bond donors (Lipinski definition) is 4. The fourth-order valence-electron chi connectivity index (χ4n) is 12.4. The highest BCUT2D eigenvalue weighted by atomic mass is 35.5. The van der Waals surface area contributed by atoms with E-state index in [2.05, 4.69) is 89.6 Å². The molecule has 32 nitrogen and oxygen atoms in total. The molecule has 0 spiro atoms. The van der Waals surface area contributed by atoms with Crippen molar-refractivity contribution in [1.82, 2.24) is 107 Å². The number of aromatic amines is 4. The van der Waals surface area contributed by atoms with Crippen molar-refractivity contribution in [1.29, 1.82) is 0 Å². The van der Waals surface area contributed by atoms with Crippen LogP contribution in [0.4, 0.5) is 22.7 Å². The van der Waals surface area contributed by atoms with Gasteiger partial charge in [-0.05, 0) is 89.2 Å². The molecule has 0 saturated carbocycles. The molecule has 18 rings (SSSR count). The minimum atomic E-state index is -0.298. The SMILES string of the molecule is [C-]#[N+]c1cn(-c2nc3[nH]ccc(=O)c3cc2-c2cc(Cl)c(=O)n(C(C)C)c2)nc1C.[C-]#[N+]c1cnn(-c2nc3[nH]ccc(=O)c3cc2-c2cc(Cl)c(=O)n(C(C)C)c2)c1.[C-]#[N+]c1cnn(-c2nc3[nH]ccc(=O)c3cc2-c2cc(Cl)c3nccn3c2)c1.[C-]#[N+]c1cnn(-c2nc3[nH]ccc(=O)c3cc2-c2ccc3nccn3c2)c1. The number of aryl methyl sites for hydroxylation is 1. The zero-order valence-electron chi connectivity index (χ0n) is 60.1. The van der Waals surface area contributed by atoms with Crippen LogP contribution >= 0.6 is 34.8 Å². The predicted octanol–water partition coefficient (Wildman–Crippen LogP) is 14.4.